The fourth-order valence-electron chi connectivity index (χ4n) is 2.82. The second-order valence-corrected chi connectivity index (χ2v) is 5.67. The van der Waals surface area contributed by atoms with Gasteiger partial charge in [0.25, 0.3) is 5.69 Å². The van der Waals surface area contributed by atoms with Crippen molar-refractivity contribution in [3.05, 3.63) is 33.9 Å². The van der Waals surface area contributed by atoms with Crippen molar-refractivity contribution in [2.45, 2.75) is 32.4 Å². The van der Waals surface area contributed by atoms with E-state index in [0.717, 1.165) is 26.1 Å². The van der Waals surface area contributed by atoms with Crippen LogP contribution in [0.25, 0.3) is 0 Å². The highest BCUT2D eigenvalue weighted by Gasteiger charge is 2.27. The van der Waals surface area contributed by atoms with Crippen LogP contribution < -0.4 is 4.90 Å². The Labute approximate surface area is 125 Å². The molecule has 0 spiro atoms. The van der Waals surface area contributed by atoms with Crippen LogP contribution >= 0.6 is 0 Å². The summed E-state index contributed by atoms with van der Waals surface area (Å²) >= 11 is 0. The number of piperazine rings is 1. The summed E-state index contributed by atoms with van der Waals surface area (Å²) in [5.74, 6) is 0. The lowest BCUT2D eigenvalue weighted by molar-refractivity contribution is -0.384. The summed E-state index contributed by atoms with van der Waals surface area (Å²) < 4.78 is 0. The van der Waals surface area contributed by atoms with Gasteiger partial charge in [-0.15, -0.1) is 0 Å². The van der Waals surface area contributed by atoms with Crippen molar-refractivity contribution >= 4 is 11.4 Å². The fraction of sp³-hybridized carbons (Fsp3) is 0.600. The molecule has 1 N–H and O–H groups in total. The number of rotatable bonds is 4. The van der Waals surface area contributed by atoms with Gasteiger partial charge < -0.3 is 10.0 Å². The van der Waals surface area contributed by atoms with Crippen LogP contribution in [0.3, 0.4) is 0 Å². The first-order valence-corrected chi connectivity index (χ1v) is 7.35. The molecule has 2 atom stereocenters. The lowest BCUT2D eigenvalue weighted by Gasteiger charge is -2.40. The zero-order valence-corrected chi connectivity index (χ0v) is 12.8. The Morgan fingerprint density at radius 3 is 2.76 bits per heavy atom. The number of anilines is 1. The maximum Gasteiger partial charge on any atom is 0.292 e. The first kappa shape index (κ1) is 15.7. The Bertz CT molecular complexity index is 519. The van der Waals surface area contributed by atoms with Gasteiger partial charge in [-0.25, -0.2) is 0 Å². The zero-order chi connectivity index (χ0) is 15.6. The molecule has 0 radical (unpaired) electrons. The molecule has 0 bridgehead atoms. The van der Waals surface area contributed by atoms with Crippen molar-refractivity contribution in [1.29, 1.82) is 0 Å². The van der Waals surface area contributed by atoms with E-state index >= 15 is 0 Å². The van der Waals surface area contributed by atoms with Gasteiger partial charge in [-0.1, -0.05) is 13.0 Å². The molecule has 1 aromatic rings. The van der Waals surface area contributed by atoms with E-state index in [9.17, 15) is 15.2 Å². The number of hydrogen-bond donors (Lipinski definition) is 1. The maximum absolute atomic E-state index is 11.3. The molecule has 1 aliphatic heterocycles. The molecule has 2 rings (SSSR count). The van der Waals surface area contributed by atoms with Crippen LogP contribution in [0, 0.1) is 10.1 Å². The van der Waals surface area contributed by atoms with E-state index < -0.39 is 6.10 Å². The molecule has 1 aliphatic rings. The van der Waals surface area contributed by atoms with E-state index in [1.54, 1.807) is 19.1 Å². The van der Waals surface area contributed by atoms with Gasteiger partial charge in [0.1, 0.15) is 5.69 Å². The summed E-state index contributed by atoms with van der Waals surface area (Å²) in [6.45, 7) is 6.22. The van der Waals surface area contributed by atoms with Gasteiger partial charge in [-0.05, 0) is 32.0 Å². The van der Waals surface area contributed by atoms with Crippen LogP contribution in [0.4, 0.5) is 11.4 Å². The van der Waals surface area contributed by atoms with Crippen molar-refractivity contribution in [3.8, 4) is 0 Å². The third kappa shape index (κ3) is 3.33. The Hall–Kier alpha value is -1.66. The number of benzene rings is 1. The number of likely N-dealkylation sites (N-methyl/N-ethyl adjacent to an activating group) is 1. The summed E-state index contributed by atoms with van der Waals surface area (Å²) in [6.07, 6.45) is 0.320. The van der Waals surface area contributed by atoms with E-state index in [4.69, 9.17) is 0 Å². The lowest BCUT2D eigenvalue weighted by atomic mass is 10.1. The number of aliphatic hydroxyl groups is 1. The minimum absolute atomic E-state index is 0.0767. The van der Waals surface area contributed by atoms with E-state index in [0.29, 0.717) is 17.3 Å². The molecule has 116 valence electrons. The average Bonchev–Trinajstić information content (AvgIpc) is 2.47. The number of hydrogen-bond acceptors (Lipinski definition) is 5. The van der Waals surface area contributed by atoms with Crippen LogP contribution in [0.2, 0.25) is 0 Å². The van der Waals surface area contributed by atoms with E-state index in [2.05, 4.69) is 23.8 Å². The molecular weight excluding hydrogens is 270 g/mol. The molecule has 1 unspecified atom stereocenters. The third-order valence-electron chi connectivity index (χ3n) is 4.27. The molecule has 1 aromatic carbocycles. The van der Waals surface area contributed by atoms with Crippen LogP contribution in [-0.2, 0) is 0 Å². The van der Waals surface area contributed by atoms with Gasteiger partial charge >= 0.3 is 0 Å². The molecule has 0 aromatic heterocycles. The molecule has 0 saturated carbocycles. The van der Waals surface area contributed by atoms with Gasteiger partial charge in [-0.3, -0.25) is 15.0 Å². The van der Waals surface area contributed by atoms with Gasteiger partial charge in [0, 0.05) is 31.7 Å². The number of nitro benzene ring substituents is 1. The largest absolute Gasteiger partial charge is 0.389 e. The fourth-order valence-corrected chi connectivity index (χ4v) is 2.82. The van der Waals surface area contributed by atoms with Crippen LogP contribution in [-0.4, -0.2) is 47.7 Å². The van der Waals surface area contributed by atoms with Crippen LogP contribution in [0.5, 0.6) is 0 Å². The first-order valence-electron chi connectivity index (χ1n) is 7.35. The van der Waals surface area contributed by atoms with Crippen LogP contribution in [0.1, 0.15) is 31.9 Å². The molecule has 6 heteroatoms. The Balaban J connectivity index is 2.32. The van der Waals surface area contributed by atoms with Gasteiger partial charge in [0.15, 0.2) is 0 Å². The summed E-state index contributed by atoms with van der Waals surface area (Å²) in [5, 5.41) is 20.9. The highest BCUT2D eigenvalue weighted by atomic mass is 16.6. The summed E-state index contributed by atoms with van der Waals surface area (Å²) in [6, 6.07) is 5.43. The molecule has 1 saturated heterocycles. The highest BCUT2D eigenvalue weighted by Crippen LogP contribution is 2.32. The number of nitro groups is 1. The minimum atomic E-state index is -0.700. The van der Waals surface area contributed by atoms with Crippen molar-refractivity contribution in [3.63, 3.8) is 0 Å². The predicted molar refractivity (Wildman–Crippen MR) is 82.7 cm³/mol. The molecule has 21 heavy (non-hydrogen) atoms. The zero-order valence-electron chi connectivity index (χ0n) is 12.8. The lowest BCUT2D eigenvalue weighted by Crippen LogP contribution is -2.51. The van der Waals surface area contributed by atoms with Gasteiger partial charge in [-0.2, -0.15) is 0 Å². The Kier molecular flexibility index (Phi) is 4.80. The smallest absolute Gasteiger partial charge is 0.292 e. The quantitative estimate of drug-likeness (QED) is 0.680. The predicted octanol–water partition coefficient (Wildman–Crippen LogP) is 2.18. The summed E-state index contributed by atoms with van der Waals surface area (Å²) in [7, 11) is 2.09. The summed E-state index contributed by atoms with van der Waals surface area (Å²) in [5.41, 5.74) is 1.30. The maximum atomic E-state index is 11.3. The summed E-state index contributed by atoms with van der Waals surface area (Å²) in [4.78, 5) is 15.4. The Morgan fingerprint density at radius 1 is 1.48 bits per heavy atom. The number of aliphatic hydroxyl groups excluding tert-OH is 1. The topological polar surface area (TPSA) is 69.8 Å². The average molecular weight is 293 g/mol. The molecular formula is C15H23N3O3. The molecule has 6 nitrogen and oxygen atoms in total. The molecule has 0 amide bonds. The second-order valence-electron chi connectivity index (χ2n) is 5.67. The second kappa shape index (κ2) is 6.41. The van der Waals surface area contributed by atoms with Crippen molar-refractivity contribution in [2.75, 3.05) is 31.6 Å². The molecule has 1 fully saturated rings. The van der Waals surface area contributed by atoms with Crippen LogP contribution in [0.15, 0.2) is 18.2 Å². The Morgan fingerprint density at radius 2 is 2.19 bits per heavy atom. The molecule has 0 aliphatic carbocycles. The highest BCUT2D eigenvalue weighted by molar-refractivity contribution is 5.65. The normalized spacial score (nSPS) is 21.3. The first-order chi connectivity index (χ1) is 9.93. The van der Waals surface area contributed by atoms with E-state index in [1.807, 2.05) is 0 Å². The minimum Gasteiger partial charge on any atom is -0.389 e. The SMILES string of the molecule is CCC1CN(c2ccc([C@@H](C)O)cc2[N+](=O)[O-])CCN1C. The molecule has 1 heterocycles. The number of nitrogens with zero attached hydrogens (tertiary/aromatic N) is 3. The standard InChI is InChI=1S/C15H23N3O3/c1-4-13-10-17(8-7-16(13)3)14-6-5-12(11(2)19)9-15(14)18(20)21/h5-6,9,11,13,19H,4,7-8,10H2,1-3H3/t11-,13?/m1/s1. The van der Waals surface area contributed by atoms with Crippen molar-refractivity contribution in [2.24, 2.45) is 0 Å². The van der Waals surface area contributed by atoms with Gasteiger partial charge in [0.2, 0.25) is 0 Å². The van der Waals surface area contributed by atoms with Gasteiger partial charge in [0.05, 0.1) is 11.0 Å². The third-order valence-corrected chi connectivity index (χ3v) is 4.27. The van der Waals surface area contributed by atoms with E-state index in [-0.39, 0.29) is 10.6 Å². The van der Waals surface area contributed by atoms with Crippen molar-refractivity contribution in [1.82, 2.24) is 4.90 Å². The van der Waals surface area contributed by atoms with E-state index in [1.165, 1.54) is 6.07 Å². The monoisotopic (exact) mass is 293 g/mol. The van der Waals surface area contributed by atoms with Crippen molar-refractivity contribution < 1.29 is 10.0 Å².